The number of hydrogen-bond acceptors (Lipinski definition) is 6. The van der Waals surface area contributed by atoms with Gasteiger partial charge in [-0.05, 0) is 60.0 Å². The first kappa shape index (κ1) is 24.0. The Labute approximate surface area is 207 Å². The lowest BCUT2D eigenvalue weighted by atomic mass is 9.71. The summed E-state index contributed by atoms with van der Waals surface area (Å²) >= 11 is 3.50. The van der Waals surface area contributed by atoms with Crippen LogP contribution < -0.4 is 19.5 Å². The number of ketones is 1. The van der Waals surface area contributed by atoms with Crippen LogP contribution in [0, 0.1) is 5.92 Å². The Kier molecular flexibility index (Phi) is 7.07. The third kappa shape index (κ3) is 4.34. The summed E-state index contributed by atoms with van der Waals surface area (Å²) in [7, 11) is 4.70. The molecule has 0 saturated carbocycles. The molecule has 1 aliphatic carbocycles. The first-order chi connectivity index (χ1) is 16.4. The van der Waals surface area contributed by atoms with Crippen molar-refractivity contribution in [1.29, 1.82) is 0 Å². The van der Waals surface area contributed by atoms with E-state index in [1.165, 1.54) is 0 Å². The van der Waals surface area contributed by atoms with Gasteiger partial charge in [-0.3, -0.25) is 14.6 Å². The van der Waals surface area contributed by atoms with Crippen LogP contribution in [0.5, 0.6) is 17.2 Å². The highest BCUT2D eigenvalue weighted by Crippen LogP contribution is 2.48. The number of carbonyl (C=O) groups is 2. The molecular weight excluding hydrogens is 500 g/mol. The van der Waals surface area contributed by atoms with E-state index in [0.717, 1.165) is 16.6 Å². The first-order valence-electron chi connectivity index (χ1n) is 11.1. The van der Waals surface area contributed by atoms with E-state index in [2.05, 4.69) is 21.2 Å². The monoisotopic (exact) mass is 526 g/mol. The molecule has 0 radical (unpaired) electrons. The molecule has 0 bridgehead atoms. The highest BCUT2D eigenvalue weighted by atomic mass is 79.9. The molecule has 1 heterocycles. The van der Waals surface area contributed by atoms with Gasteiger partial charge in [0, 0.05) is 34.9 Å². The third-order valence-corrected chi connectivity index (χ3v) is 6.94. The number of Topliss-reactive ketones (excluding diaryl/α,β-unsaturated/α-hetero) is 1. The van der Waals surface area contributed by atoms with Gasteiger partial charge in [-0.15, -0.1) is 0 Å². The molecule has 2 aromatic rings. The van der Waals surface area contributed by atoms with Gasteiger partial charge in [0.2, 0.25) is 5.91 Å². The Hall–Kier alpha value is -3.13. The van der Waals surface area contributed by atoms with E-state index in [-0.39, 0.29) is 11.7 Å². The Morgan fingerprint density at radius 3 is 2.44 bits per heavy atom. The second kappa shape index (κ2) is 10.0. The summed E-state index contributed by atoms with van der Waals surface area (Å²) in [6.07, 6.45) is 1.88. The number of nitrogens with zero attached hydrogens (tertiary/aromatic N) is 1. The Morgan fingerprint density at radius 1 is 1.03 bits per heavy atom. The minimum atomic E-state index is -0.717. The highest BCUT2D eigenvalue weighted by Gasteiger charge is 2.44. The van der Waals surface area contributed by atoms with Gasteiger partial charge < -0.3 is 19.5 Å². The number of amides is 1. The standard InChI is InChI=1S/C26H27BrN2O5/c1-14-23(26(31)29-17-8-5-6-11-20(17)32-2)24(25-18(28-14)9-7-10-19(25)30)15-12-22(34-4)16(27)13-21(15)33-3/h5-6,8,11-13,23-24H,7,9-10H2,1-4H3,(H,29,31)/t23?,24-/m1/s1. The van der Waals surface area contributed by atoms with E-state index < -0.39 is 11.8 Å². The maximum absolute atomic E-state index is 13.8. The smallest absolute Gasteiger partial charge is 0.234 e. The molecule has 178 valence electrons. The molecule has 0 saturated heterocycles. The second-order valence-corrected chi connectivity index (χ2v) is 9.12. The lowest BCUT2D eigenvalue weighted by molar-refractivity contribution is -0.119. The van der Waals surface area contributed by atoms with Gasteiger partial charge in [0.05, 0.1) is 37.4 Å². The fourth-order valence-corrected chi connectivity index (χ4v) is 5.25. The fourth-order valence-electron chi connectivity index (χ4n) is 4.77. The molecule has 1 amide bonds. The van der Waals surface area contributed by atoms with E-state index in [9.17, 15) is 9.59 Å². The van der Waals surface area contributed by atoms with Gasteiger partial charge in [0.15, 0.2) is 5.78 Å². The molecular formula is C26H27BrN2O5. The van der Waals surface area contributed by atoms with Crippen LogP contribution in [0.15, 0.2) is 57.1 Å². The molecule has 4 rings (SSSR count). The molecule has 1 aliphatic heterocycles. The van der Waals surface area contributed by atoms with Crippen molar-refractivity contribution in [2.24, 2.45) is 10.9 Å². The molecule has 2 atom stereocenters. The molecule has 7 nitrogen and oxygen atoms in total. The van der Waals surface area contributed by atoms with Crippen LogP contribution in [0.1, 0.15) is 37.7 Å². The topological polar surface area (TPSA) is 86.2 Å². The van der Waals surface area contributed by atoms with Crippen LogP contribution in [0.25, 0.3) is 0 Å². The maximum atomic E-state index is 13.8. The zero-order chi connectivity index (χ0) is 24.4. The average molecular weight is 527 g/mol. The number of methoxy groups -OCH3 is 3. The van der Waals surface area contributed by atoms with Crippen LogP contribution in [0.3, 0.4) is 0 Å². The number of aliphatic imine (C=N–C) groups is 1. The minimum absolute atomic E-state index is 0.0153. The summed E-state index contributed by atoms with van der Waals surface area (Å²) < 4.78 is 17.4. The Balaban J connectivity index is 1.87. The molecule has 0 fully saturated rings. The van der Waals surface area contributed by atoms with Gasteiger partial charge in [-0.25, -0.2) is 0 Å². The van der Waals surface area contributed by atoms with Crippen LogP contribution >= 0.6 is 15.9 Å². The number of ether oxygens (including phenoxy) is 3. The predicted molar refractivity (Wildman–Crippen MR) is 134 cm³/mol. The molecule has 8 heteroatoms. The van der Waals surface area contributed by atoms with E-state index in [4.69, 9.17) is 19.2 Å². The molecule has 0 spiro atoms. The summed E-state index contributed by atoms with van der Waals surface area (Å²) in [6, 6.07) is 10.9. The van der Waals surface area contributed by atoms with Crippen molar-refractivity contribution >= 4 is 39.0 Å². The molecule has 1 N–H and O–H groups in total. The first-order valence-corrected chi connectivity index (χ1v) is 11.9. The number of carbonyl (C=O) groups excluding carboxylic acids is 2. The fraction of sp³-hybridized carbons (Fsp3) is 0.346. The van der Waals surface area contributed by atoms with Gasteiger partial charge >= 0.3 is 0 Å². The zero-order valence-corrected chi connectivity index (χ0v) is 21.2. The quantitative estimate of drug-likeness (QED) is 0.552. The predicted octanol–water partition coefficient (Wildman–Crippen LogP) is 5.30. The van der Waals surface area contributed by atoms with E-state index in [0.29, 0.717) is 52.6 Å². The van der Waals surface area contributed by atoms with Crippen LogP contribution in [0.2, 0.25) is 0 Å². The Morgan fingerprint density at radius 2 is 1.74 bits per heavy atom. The zero-order valence-electron chi connectivity index (χ0n) is 19.6. The van der Waals surface area contributed by atoms with Crippen LogP contribution in [0.4, 0.5) is 5.69 Å². The van der Waals surface area contributed by atoms with Crippen molar-refractivity contribution < 1.29 is 23.8 Å². The summed E-state index contributed by atoms with van der Waals surface area (Å²) in [6.45, 7) is 1.84. The van der Waals surface area contributed by atoms with Crippen molar-refractivity contribution in [3.63, 3.8) is 0 Å². The summed E-state index contributed by atoms with van der Waals surface area (Å²) in [4.78, 5) is 31.7. The van der Waals surface area contributed by atoms with Crippen LogP contribution in [-0.4, -0.2) is 38.7 Å². The number of para-hydroxylation sites is 2. The molecule has 1 unspecified atom stereocenters. The number of hydrogen-bond donors (Lipinski definition) is 1. The third-order valence-electron chi connectivity index (χ3n) is 6.32. The number of benzene rings is 2. The van der Waals surface area contributed by atoms with Crippen LogP contribution in [-0.2, 0) is 9.59 Å². The minimum Gasteiger partial charge on any atom is -0.496 e. The normalized spacial score (nSPS) is 19.8. The largest absolute Gasteiger partial charge is 0.496 e. The Bertz CT molecular complexity index is 1200. The average Bonchev–Trinajstić information content (AvgIpc) is 2.83. The van der Waals surface area contributed by atoms with E-state index in [1.54, 1.807) is 39.5 Å². The molecule has 0 aromatic heterocycles. The van der Waals surface area contributed by atoms with Crippen molar-refractivity contribution in [2.75, 3.05) is 26.6 Å². The highest BCUT2D eigenvalue weighted by molar-refractivity contribution is 9.10. The van der Waals surface area contributed by atoms with E-state index in [1.807, 2.05) is 25.1 Å². The molecule has 2 aromatic carbocycles. The lowest BCUT2D eigenvalue weighted by Gasteiger charge is -2.35. The number of allylic oxidation sites excluding steroid dienone is 2. The van der Waals surface area contributed by atoms with Crippen molar-refractivity contribution in [3.8, 4) is 17.2 Å². The van der Waals surface area contributed by atoms with E-state index >= 15 is 0 Å². The lowest BCUT2D eigenvalue weighted by Crippen LogP contribution is -2.39. The molecule has 34 heavy (non-hydrogen) atoms. The summed E-state index contributed by atoms with van der Waals surface area (Å²) in [5, 5.41) is 2.99. The van der Waals surface area contributed by atoms with Crippen molar-refractivity contribution in [3.05, 3.63) is 57.7 Å². The summed E-state index contributed by atoms with van der Waals surface area (Å²) in [5.41, 5.74) is 3.25. The summed E-state index contributed by atoms with van der Waals surface area (Å²) in [5.74, 6) is 0.163. The second-order valence-electron chi connectivity index (χ2n) is 8.26. The van der Waals surface area contributed by atoms with Gasteiger partial charge in [0.25, 0.3) is 0 Å². The number of anilines is 1. The molecule has 2 aliphatic rings. The number of nitrogens with one attached hydrogen (secondary N) is 1. The van der Waals surface area contributed by atoms with Crippen molar-refractivity contribution in [1.82, 2.24) is 0 Å². The number of halogens is 1. The van der Waals surface area contributed by atoms with Crippen molar-refractivity contribution in [2.45, 2.75) is 32.1 Å². The van der Waals surface area contributed by atoms with Gasteiger partial charge in [-0.2, -0.15) is 0 Å². The van der Waals surface area contributed by atoms with Gasteiger partial charge in [0.1, 0.15) is 17.2 Å². The van der Waals surface area contributed by atoms with Gasteiger partial charge in [-0.1, -0.05) is 12.1 Å². The maximum Gasteiger partial charge on any atom is 0.234 e. The SMILES string of the molecule is COc1cc([C@H]2C3=C(CCCC3=O)N=C(C)C2C(=O)Nc2ccccc2OC)c(OC)cc1Br. The number of rotatable bonds is 6.